The highest BCUT2D eigenvalue weighted by Crippen LogP contribution is 2.32. The van der Waals surface area contributed by atoms with Gasteiger partial charge in [0.05, 0.1) is 4.91 Å². The lowest BCUT2D eigenvalue weighted by molar-refractivity contribution is -0.113. The molecule has 7 heteroatoms. The first-order chi connectivity index (χ1) is 15.2. The SMILES string of the molecule is O=C1N=C(N2CCN(c3ccccc3)CC2)SC1=Cc1ccc(-c2ccc(Br)cc2)o1. The minimum absolute atomic E-state index is 0.202. The molecule has 0 spiro atoms. The standard InChI is InChI=1S/C24H20BrN3O2S/c25-18-8-6-17(7-9-18)21-11-10-20(30-21)16-22-23(29)26-24(31-22)28-14-12-27(13-15-28)19-4-2-1-3-5-19/h1-11,16H,12-15H2. The number of aliphatic imine (C=N–C) groups is 1. The first-order valence-corrected chi connectivity index (χ1v) is 11.7. The highest BCUT2D eigenvalue weighted by Gasteiger charge is 2.28. The topological polar surface area (TPSA) is 49.1 Å². The van der Waals surface area contributed by atoms with Crippen LogP contribution in [0.4, 0.5) is 5.69 Å². The van der Waals surface area contributed by atoms with Crippen LogP contribution in [0.1, 0.15) is 5.76 Å². The fourth-order valence-electron chi connectivity index (χ4n) is 3.66. The second-order valence-corrected chi connectivity index (χ2v) is 9.25. The van der Waals surface area contributed by atoms with E-state index in [-0.39, 0.29) is 5.91 Å². The maximum absolute atomic E-state index is 12.5. The number of halogens is 1. The Hall–Kier alpha value is -2.77. The number of hydrogen-bond donors (Lipinski definition) is 0. The number of thioether (sulfide) groups is 1. The van der Waals surface area contributed by atoms with Crippen molar-refractivity contribution in [2.24, 2.45) is 4.99 Å². The molecule has 156 valence electrons. The third kappa shape index (κ3) is 4.48. The van der Waals surface area contributed by atoms with Crippen molar-refractivity contribution in [3.8, 4) is 11.3 Å². The van der Waals surface area contributed by atoms with Crippen molar-refractivity contribution in [2.75, 3.05) is 31.1 Å². The summed E-state index contributed by atoms with van der Waals surface area (Å²) in [4.78, 5) is 21.9. The highest BCUT2D eigenvalue weighted by atomic mass is 79.9. The van der Waals surface area contributed by atoms with Crippen LogP contribution in [0, 0.1) is 0 Å². The number of anilines is 1. The second-order valence-electron chi connectivity index (χ2n) is 7.33. The molecule has 0 N–H and O–H groups in total. The number of para-hydroxylation sites is 1. The number of carbonyl (C=O) groups excluding carboxylic acids is 1. The minimum atomic E-state index is -0.202. The fraction of sp³-hybridized carbons (Fsp3) is 0.167. The average Bonchev–Trinajstić information content (AvgIpc) is 3.42. The summed E-state index contributed by atoms with van der Waals surface area (Å²) in [5.74, 6) is 1.22. The van der Waals surface area contributed by atoms with E-state index in [0.717, 1.165) is 47.1 Å². The van der Waals surface area contributed by atoms with Crippen molar-refractivity contribution in [1.29, 1.82) is 0 Å². The Labute approximate surface area is 193 Å². The Morgan fingerprint density at radius 2 is 1.61 bits per heavy atom. The monoisotopic (exact) mass is 493 g/mol. The zero-order chi connectivity index (χ0) is 21.2. The van der Waals surface area contributed by atoms with Crippen LogP contribution < -0.4 is 4.90 Å². The molecule has 2 aromatic carbocycles. The van der Waals surface area contributed by atoms with Gasteiger partial charge in [-0.15, -0.1) is 0 Å². The lowest BCUT2D eigenvalue weighted by Crippen LogP contribution is -2.47. The van der Waals surface area contributed by atoms with E-state index >= 15 is 0 Å². The van der Waals surface area contributed by atoms with Crippen LogP contribution in [-0.4, -0.2) is 42.2 Å². The molecular formula is C24H20BrN3O2S. The molecular weight excluding hydrogens is 474 g/mol. The molecule has 1 amide bonds. The molecule has 2 aliphatic heterocycles. The Morgan fingerprint density at radius 3 is 2.35 bits per heavy atom. The molecule has 1 fully saturated rings. The summed E-state index contributed by atoms with van der Waals surface area (Å²) in [6, 6.07) is 22.2. The summed E-state index contributed by atoms with van der Waals surface area (Å²) in [7, 11) is 0. The molecule has 3 aromatic rings. The van der Waals surface area contributed by atoms with Gasteiger partial charge in [-0.3, -0.25) is 4.79 Å². The van der Waals surface area contributed by atoms with E-state index < -0.39 is 0 Å². The molecule has 5 rings (SSSR count). The van der Waals surface area contributed by atoms with Crippen LogP contribution in [-0.2, 0) is 4.79 Å². The quantitative estimate of drug-likeness (QED) is 0.450. The predicted octanol–water partition coefficient (Wildman–Crippen LogP) is 5.50. The zero-order valence-corrected chi connectivity index (χ0v) is 19.1. The molecule has 31 heavy (non-hydrogen) atoms. The molecule has 3 heterocycles. The van der Waals surface area contributed by atoms with Gasteiger partial charge in [-0.1, -0.05) is 46.3 Å². The van der Waals surface area contributed by atoms with Gasteiger partial charge < -0.3 is 14.2 Å². The van der Waals surface area contributed by atoms with Gasteiger partial charge in [0, 0.05) is 48.0 Å². The van der Waals surface area contributed by atoms with Crippen molar-refractivity contribution in [3.63, 3.8) is 0 Å². The zero-order valence-electron chi connectivity index (χ0n) is 16.7. The van der Waals surface area contributed by atoms with E-state index in [1.54, 1.807) is 6.08 Å². The highest BCUT2D eigenvalue weighted by molar-refractivity contribution is 9.10. The summed E-state index contributed by atoms with van der Waals surface area (Å²) < 4.78 is 6.96. The van der Waals surface area contributed by atoms with E-state index in [9.17, 15) is 4.79 Å². The minimum Gasteiger partial charge on any atom is -0.457 e. The Morgan fingerprint density at radius 1 is 0.903 bits per heavy atom. The smallest absolute Gasteiger partial charge is 0.286 e. The van der Waals surface area contributed by atoms with Gasteiger partial charge in [-0.2, -0.15) is 4.99 Å². The summed E-state index contributed by atoms with van der Waals surface area (Å²) in [5, 5.41) is 0.781. The third-order valence-corrected chi connectivity index (χ3v) is 6.88. The number of piperazine rings is 1. The average molecular weight is 494 g/mol. The summed E-state index contributed by atoms with van der Waals surface area (Å²) in [6.45, 7) is 3.50. The lowest BCUT2D eigenvalue weighted by Gasteiger charge is -2.36. The van der Waals surface area contributed by atoms with Crippen LogP contribution in [0.2, 0.25) is 0 Å². The summed E-state index contributed by atoms with van der Waals surface area (Å²) >= 11 is 4.87. The van der Waals surface area contributed by atoms with Crippen molar-refractivity contribution in [1.82, 2.24) is 4.90 Å². The van der Waals surface area contributed by atoms with Crippen LogP contribution >= 0.6 is 27.7 Å². The third-order valence-electron chi connectivity index (χ3n) is 5.31. The number of amides is 1. The normalized spacial score (nSPS) is 18.0. The van der Waals surface area contributed by atoms with Crippen molar-refractivity contribution >= 4 is 50.5 Å². The van der Waals surface area contributed by atoms with Gasteiger partial charge in [-0.05, 0) is 48.2 Å². The summed E-state index contributed by atoms with van der Waals surface area (Å²) in [6.07, 6.45) is 1.78. The number of carbonyl (C=O) groups is 1. The van der Waals surface area contributed by atoms with Gasteiger partial charge in [0.15, 0.2) is 5.17 Å². The van der Waals surface area contributed by atoms with E-state index in [0.29, 0.717) is 10.7 Å². The van der Waals surface area contributed by atoms with Crippen LogP contribution in [0.3, 0.4) is 0 Å². The maximum Gasteiger partial charge on any atom is 0.286 e. The van der Waals surface area contributed by atoms with Crippen molar-refractivity contribution in [2.45, 2.75) is 0 Å². The first kappa shape index (κ1) is 20.2. The largest absolute Gasteiger partial charge is 0.457 e. The Kier molecular flexibility index (Phi) is 5.70. The second kappa shape index (κ2) is 8.77. The predicted molar refractivity (Wildman–Crippen MR) is 130 cm³/mol. The Bertz CT molecular complexity index is 1150. The van der Waals surface area contributed by atoms with E-state index in [4.69, 9.17) is 4.42 Å². The molecule has 0 aliphatic carbocycles. The molecule has 0 unspecified atom stereocenters. The summed E-state index contributed by atoms with van der Waals surface area (Å²) in [5.41, 5.74) is 2.23. The number of hydrogen-bond acceptors (Lipinski definition) is 5. The van der Waals surface area contributed by atoms with Gasteiger partial charge in [0.25, 0.3) is 5.91 Å². The maximum atomic E-state index is 12.5. The molecule has 2 aliphatic rings. The Balaban J connectivity index is 1.23. The van der Waals surface area contributed by atoms with E-state index in [2.05, 4.69) is 55.0 Å². The number of nitrogens with zero attached hydrogens (tertiary/aromatic N) is 3. The number of furan rings is 1. The van der Waals surface area contributed by atoms with Crippen LogP contribution in [0.5, 0.6) is 0 Å². The molecule has 1 aromatic heterocycles. The fourth-order valence-corrected chi connectivity index (χ4v) is 4.87. The van der Waals surface area contributed by atoms with Crippen molar-refractivity contribution in [3.05, 3.63) is 81.9 Å². The first-order valence-electron chi connectivity index (χ1n) is 10.1. The van der Waals surface area contributed by atoms with E-state index in [1.807, 2.05) is 42.5 Å². The van der Waals surface area contributed by atoms with Crippen LogP contribution in [0.15, 0.2) is 85.5 Å². The molecule has 0 atom stereocenters. The lowest BCUT2D eigenvalue weighted by atomic mass is 10.2. The van der Waals surface area contributed by atoms with Gasteiger partial charge in [0.1, 0.15) is 11.5 Å². The van der Waals surface area contributed by atoms with E-state index in [1.165, 1.54) is 17.4 Å². The van der Waals surface area contributed by atoms with Gasteiger partial charge >= 0.3 is 0 Å². The molecule has 0 bridgehead atoms. The molecule has 1 saturated heterocycles. The molecule has 5 nitrogen and oxygen atoms in total. The molecule has 0 saturated carbocycles. The van der Waals surface area contributed by atoms with Crippen molar-refractivity contribution < 1.29 is 9.21 Å². The number of rotatable bonds is 3. The van der Waals surface area contributed by atoms with Crippen LogP contribution in [0.25, 0.3) is 17.4 Å². The molecule has 0 radical (unpaired) electrons. The van der Waals surface area contributed by atoms with Gasteiger partial charge in [0.2, 0.25) is 0 Å². The number of benzene rings is 2. The number of amidine groups is 1. The van der Waals surface area contributed by atoms with Gasteiger partial charge in [-0.25, -0.2) is 0 Å².